The molecule has 0 bridgehead atoms. The number of nitrogens with zero attached hydrogens (tertiary/aromatic N) is 4. The second-order valence-corrected chi connectivity index (χ2v) is 4.90. The first kappa shape index (κ1) is 13.7. The fourth-order valence-electron chi connectivity index (χ4n) is 2.20. The second kappa shape index (κ2) is 5.51. The Balaban J connectivity index is 2.55. The topological polar surface area (TPSA) is 53.7 Å². The van der Waals surface area contributed by atoms with Gasteiger partial charge < -0.3 is 4.57 Å². The number of halogens is 2. The minimum atomic E-state index is -0.412. The number of fused-ring (bicyclic) bond motifs is 1. The molecule has 0 radical (unpaired) electrons. The van der Waals surface area contributed by atoms with E-state index in [0.29, 0.717) is 6.54 Å². The van der Waals surface area contributed by atoms with Gasteiger partial charge in [0.1, 0.15) is 5.82 Å². The zero-order valence-corrected chi connectivity index (χ0v) is 11.5. The zero-order chi connectivity index (χ0) is 14.0. The summed E-state index contributed by atoms with van der Waals surface area (Å²) in [6, 6.07) is 2.91. The van der Waals surface area contributed by atoms with Crippen LogP contribution in [-0.4, -0.2) is 10.6 Å². The van der Waals surface area contributed by atoms with Crippen LogP contribution in [0.15, 0.2) is 23.4 Å². The largest absolute Gasteiger partial charge is 0.347 e. The molecule has 0 spiro atoms. The van der Waals surface area contributed by atoms with Crippen LogP contribution < -0.4 is 0 Å². The van der Waals surface area contributed by atoms with E-state index in [4.69, 9.17) is 17.1 Å². The molecule has 0 amide bonds. The van der Waals surface area contributed by atoms with Gasteiger partial charge >= 0.3 is 0 Å². The molecule has 0 aliphatic heterocycles. The first-order valence-electron chi connectivity index (χ1n) is 6.07. The summed E-state index contributed by atoms with van der Waals surface area (Å²) in [4.78, 5) is 2.80. The van der Waals surface area contributed by atoms with Gasteiger partial charge in [0, 0.05) is 28.6 Å². The van der Waals surface area contributed by atoms with Crippen molar-refractivity contribution in [1.82, 2.24) is 4.57 Å². The Hall–Kier alpha value is -1.71. The molecule has 0 fully saturated rings. The highest BCUT2D eigenvalue weighted by Gasteiger charge is 2.12. The Kier molecular flexibility index (Phi) is 3.98. The number of aryl methyl sites for hydroxylation is 1. The molecule has 100 valence electrons. The maximum Gasteiger partial charge on any atom is 0.142 e. The Morgan fingerprint density at radius 2 is 2.26 bits per heavy atom. The van der Waals surface area contributed by atoms with Gasteiger partial charge in [0.15, 0.2) is 0 Å². The van der Waals surface area contributed by atoms with Crippen LogP contribution in [-0.2, 0) is 13.0 Å². The minimum Gasteiger partial charge on any atom is -0.347 e. The van der Waals surface area contributed by atoms with Gasteiger partial charge in [-0.15, -0.1) is 0 Å². The van der Waals surface area contributed by atoms with E-state index >= 15 is 0 Å². The smallest absolute Gasteiger partial charge is 0.142 e. The van der Waals surface area contributed by atoms with Crippen LogP contribution in [0.2, 0.25) is 5.02 Å². The van der Waals surface area contributed by atoms with Crippen molar-refractivity contribution in [3.05, 3.63) is 45.2 Å². The highest BCUT2D eigenvalue weighted by molar-refractivity contribution is 6.31. The number of hydrogen-bond acceptors (Lipinski definition) is 1. The van der Waals surface area contributed by atoms with Crippen molar-refractivity contribution in [3.63, 3.8) is 0 Å². The van der Waals surface area contributed by atoms with E-state index in [1.807, 2.05) is 24.6 Å². The van der Waals surface area contributed by atoms with Gasteiger partial charge in [-0.1, -0.05) is 30.6 Å². The van der Waals surface area contributed by atoms with Gasteiger partial charge in [-0.3, -0.25) is 0 Å². The Labute approximate surface area is 115 Å². The summed E-state index contributed by atoms with van der Waals surface area (Å²) in [7, 11) is 0. The molecule has 0 aliphatic rings. The molecule has 0 N–H and O–H groups in total. The molecule has 6 heteroatoms. The standard InChI is InChI=1S/C13H14ClFN4/c1-3-9-7-19(6-8(2)17-18-16)13-5-11(14)12(15)4-10(9)13/h4-5,7-8H,3,6H2,1-2H3. The maximum atomic E-state index is 13.5. The molecule has 2 aromatic rings. The third-order valence-electron chi connectivity index (χ3n) is 3.10. The second-order valence-electron chi connectivity index (χ2n) is 4.50. The Morgan fingerprint density at radius 1 is 1.53 bits per heavy atom. The van der Waals surface area contributed by atoms with E-state index in [1.165, 1.54) is 6.07 Å². The van der Waals surface area contributed by atoms with Crippen LogP contribution in [0.1, 0.15) is 19.4 Å². The van der Waals surface area contributed by atoms with E-state index in [1.54, 1.807) is 6.07 Å². The Bertz CT molecular complexity index is 658. The quantitative estimate of drug-likeness (QED) is 0.443. The fourth-order valence-corrected chi connectivity index (χ4v) is 2.36. The fraction of sp³-hybridized carbons (Fsp3) is 0.385. The van der Waals surface area contributed by atoms with Gasteiger partial charge in [0.05, 0.1) is 11.1 Å². The van der Waals surface area contributed by atoms with Crippen LogP contribution in [0.4, 0.5) is 4.39 Å². The molecule has 0 saturated heterocycles. The molecule has 1 unspecified atom stereocenters. The number of azide groups is 1. The summed E-state index contributed by atoms with van der Waals surface area (Å²) in [5.41, 5.74) is 10.4. The van der Waals surface area contributed by atoms with Crippen molar-refractivity contribution in [2.75, 3.05) is 0 Å². The van der Waals surface area contributed by atoms with Crippen molar-refractivity contribution in [1.29, 1.82) is 0 Å². The van der Waals surface area contributed by atoms with Gasteiger partial charge in [-0.2, -0.15) is 0 Å². The Morgan fingerprint density at radius 3 is 2.89 bits per heavy atom. The molecule has 2 rings (SSSR count). The molecule has 1 aromatic heterocycles. The van der Waals surface area contributed by atoms with Crippen LogP contribution >= 0.6 is 11.6 Å². The summed E-state index contributed by atoms with van der Waals surface area (Å²) < 4.78 is 15.5. The number of hydrogen-bond donors (Lipinski definition) is 0. The van der Waals surface area contributed by atoms with Gasteiger partial charge in [-0.05, 0) is 29.6 Å². The first-order valence-corrected chi connectivity index (χ1v) is 6.45. The molecule has 1 aromatic carbocycles. The van der Waals surface area contributed by atoms with Crippen LogP contribution in [0.5, 0.6) is 0 Å². The van der Waals surface area contributed by atoms with Gasteiger partial charge in [0.2, 0.25) is 0 Å². The lowest BCUT2D eigenvalue weighted by Crippen LogP contribution is -2.08. The monoisotopic (exact) mass is 280 g/mol. The van der Waals surface area contributed by atoms with E-state index in [2.05, 4.69) is 10.0 Å². The molecular formula is C13H14ClFN4. The third-order valence-corrected chi connectivity index (χ3v) is 3.39. The lowest BCUT2D eigenvalue weighted by Gasteiger charge is -2.08. The summed E-state index contributed by atoms with van der Waals surface area (Å²) in [6.45, 7) is 4.40. The summed E-state index contributed by atoms with van der Waals surface area (Å²) in [5.74, 6) is -0.412. The highest BCUT2D eigenvalue weighted by atomic mass is 35.5. The predicted octanol–water partition coefficient (Wildman–Crippen LogP) is 4.70. The molecule has 4 nitrogen and oxygen atoms in total. The molecule has 19 heavy (non-hydrogen) atoms. The summed E-state index contributed by atoms with van der Waals surface area (Å²) in [6.07, 6.45) is 2.77. The number of rotatable bonds is 4. The minimum absolute atomic E-state index is 0.103. The van der Waals surface area contributed by atoms with Crippen LogP contribution in [0.25, 0.3) is 21.3 Å². The number of benzene rings is 1. The maximum absolute atomic E-state index is 13.5. The average Bonchev–Trinajstić information content (AvgIpc) is 2.68. The molecule has 1 heterocycles. The van der Waals surface area contributed by atoms with Crippen molar-refractivity contribution in [3.8, 4) is 0 Å². The van der Waals surface area contributed by atoms with Crippen molar-refractivity contribution in [2.24, 2.45) is 5.11 Å². The zero-order valence-electron chi connectivity index (χ0n) is 10.8. The van der Waals surface area contributed by atoms with E-state index in [9.17, 15) is 4.39 Å². The van der Waals surface area contributed by atoms with Gasteiger partial charge in [-0.25, -0.2) is 4.39 Å². The SMILES string of the molecule is CCc1cn(CC(C)N=[N+]=[N-])c2cc(Cl)c(F)cc12. The lowest BCUT2D eigenvalue weighted by atomic mass is 10.1. The first-order chi connectivity index (χ1) is 9.06. The van der Waals surface area contributed by atoms with Crippen LogP contribution in [0, 0.1) is 5.82 Å². The predicted molar refractivity (Wildman–Crippen MR) is 74.9 cm³/mol. The molecule has 1 atom stereocenters. The molecule has 0 aliphatic carbocycles. The van der Waals surface area contributed by atoms with Crippen molar-refractivity contribution < 1.29 is 4.39 Å². The molecular weight excluding hydrogens is 267 g/mol. The summed E-state index contributed by atoms with van der Waals surface area (Å²) >= 11 is 5.84. The van der Waals surface area contributed by atoms with Crippen LogP contribution in [0.3, 0.4) is 0 Å². The number of aromatic nitrogens is 1. The van der Waals surface area contributed by atoms with E-state index in [-0.39, 0.29) is 11.1 Å². The van der Waals surface area contributed by atoms with E-state index in [0.717, 1.165) is 22.9 Å². The summed E-state index contributed by atoms with van der Waals surface area (Å²) in [5, 5.41) is 4.62. The normalized spacial score (nSPS) is 12.4. The van der Waals surface area contributed by atoms with Gasteiger partial charge in [0.25, 0.3) is 0 Å². The van der Waals surface area contributed by atoms with Crippen molar-refractivity contribution >= 4 is 22.5 Å². The van der Waals surface area contributed by atoms with E-state index < -0.39 is 5.82 Å². The lowest BCUT2D eigenvalue weighted by molar-refractivity contribution is 0.600. The third kappa shape index (κ3) is 2.67. The molecule has 0 saturated carbocycles. The van der Waals surface area contributed by atoms with Crippen molar-refractivity contribution in [2.45, 2.75) is 32.9 Å². The average molecular weight is 281 g/mol. The highest BCUT2D eigenvalue weighted by Crippen LogP contribution is 2.28.